The van der Waals surface area contributed by atoms with Crippen molar-refractivity contribution in [1.29, 1.82) is 0 Å². The molecule has 5 heteroatoms. The van der Waals surface area contributed by atoms with Crippen molar-refractivity contribution in [3.63, 3.8) is 0 Å². The molecule has 1 heterocycles. The van der Waals surface area contributed by atoms with Crippen molar-refractivity contribution in [2.45, 2.75) is 44.9 Å². The standard InChI is InChI=1S/C14H19N3O2/c18-13(19)14(6-1-2-7-14)8-15-12-10-4-3-5-11(10)16-9-17-12/h9H,1-8H2,(H,18,19)(H,15,16,17). The number of hydrogen-bond acceptors (Lipinski definition) is 4. The largest absolute Gasteiger partial charge is 0.481 e. The van der Waals surface area contributed by atoms with Crippen molar-refractivity contribution in [2.24, 2.45) is 5.41 Å². The van der Waals surface area contributed by atoms with Crippen molar-refractivity contribution in [3.8, 4) is 0 Å². The molecular formula is C14H19N3O2. The molecule has 0 amide bonds. The quantitative estimate of drug-likeness (QED) is 0.867. The maximum Gasteiger partial charge on any atom is 0.311 e. The fourth-order valence-electron chi connectivity index (χ4n) is 3.28. The summed E-state index contributed by atoms with van der Waals surface area (Å²) in [6.07, 6.45) is 8.26. The molecule has 0 radical (unpaired) electrons. The Bertz CT molecular complexity index is 495. The predicted molar refractivity (Wildman–Crippen MR) is 71.1 cm³/mol. The van der Waals surface area contributed by atoms with Crippen LogP contribution in [0.3, 0.4) is 0 Å². The highest BCUT2D eigenvalue weighted by Gasteiger charge is 2.41. The van der Waals surface area contributed by atoms with Crippen LogP contribution in [0.25, 0.3) is 0 Å². The summed E-state index contributed by atoms with van der Waals surface area (Å²) in [6, 6.07) is 0. The van der Waals surface area contributed by atoms with Crippen molar-refractivity contribution in [2.75, 3.05) is 11.9 Å². The molecule has 1 aromatic rings. The maximum atomic E-state index is 11.5. The Morgan fingerprint density at radius 2 is 2.05 bits per heavy atom. The van der Waals surface area contributed by atoms with Gasteiger partial charge in [-0.25, -0.2) is 9.97 Å². The molecule has 0 atom stereocenters. The molecule has 0 spiro atoms. The lowest BCUT2D eigenvalue weighted by Crippen LogP contribution is -2.35. The van der Waals surface area contributed by atoms with Crippen LogP contribution in [0.15, 0.2) is 6.33 Å². The summed E-state index contributed by atoms with van der Waals surface area (Å²) < 4.78 is 0. The molecule has 2 aliphatic carbocycles. The molecule has 3 rings (SSSR count). The third kappa shape index (κ3) is 2.17. The number of anilines is 1. The molecule has 0 bridgehead atoms. The van der Waals surface area contributed by atoms with Gasteiger partial charge in [-0.15, -0.1) is 0 Å². The van der Waals surface area contributed by atoms with Crippen molar-refractivity contribution < 1.29 is 9.90 Å². The van der Waals surface area contributed by atoms with E-state index in [0.29, 0.717) is 6.54 Å². The summed E-state index contributed by atoms with van der Waals surface area (Å²) >= 11 is 0. The normalized spacial score (nSPS) is 20.2. The monoisotopic (exact) mass is 261 g/mol. The van der Waals surface area contributed by atoms with Crippen LogP contribution in [0.2, 0.25) is 0 Å². The van der Waals surface area contributed by atoms with Crippen molar-refractivity contribution in [1.82, 2.24) is 9.97 Å². The van der Waals surface area contributed by atoms with Gasteiger partial charge in [0.2, 0.25) is 0 Å². The molecule has 0 aromatic carbocycles. The van der Waals surface area contributed by atoms with Gasteiger partial charge in [-0.1, -0.05) is 12.8 Å². The molecule has 2 N–H and O–H groups in total. The van der Waals surface area contributed by atoms with E-state index in [1.54, 1.807) is 6.33 Å². The third-order valence-electron chi connectivity index (χ3n) is 4.48. The summed E-state index contributed by atoms with van der Waals surface area (Å²) in [5, 5.41) is 12.7. The summed E-state index contributed by atoms with van der Waals surface area (Å²) in [6.45, 7) is 0.478. The number of nitrogens with one attached hydrogen (secondary N) is 1. The molecular weight excluding hydrogens is 242 g/mol. The number of aromatic nitrogens is 2. The van der Waals surface area contributed by atoms with Crippen LogP contribution in [0.4, 0.5) is 5.82 Å². The molecule has 2 aliphatic rings. The first kappa shape index (κ1) is 12.4. The van der Waals surface area contributed by atoms with E-state index < -0.39 is 11.4 Å². The highest BCUT2D eigenvalue weighted by atomic mass is 16.4. The van der Waals surface area contributed by atoms with E-state index in [1.807, 2.05) is 0 Å². The van der Waals surface area contributed by atoms with Gasteiger partial charge in [0.15, 0.2) is 0 Å². The molecule has 102 valence electrons. The van der Waals surface area contributed by atoms with Crippen LogP contribution in [0.1, 0.15) is 43.4 Å². The average Bonchev–Trinajstić information content (AvgIpc) is 3.06. The number of aliphatic carboxylic acids is 1. The fourth-order valence-corrected chi connectivity index (χ4v) is 3.28. The highest BCUT2D eigenvalue weighted by Crippen LogP contribution is 2.38. The second-order valence-electron chi connectivity index (χ2n) is 5.65. The van der Waals surface area contributed by atoms with Gasteiger partial charge in [-0.2, -0.15) is 0 Å². The van der Waals surface area contributed by atoms with Crippen LogP contribution < -0.4 is 5.32 Å². The Labute approximate surface area is 112 Å². The Morgan fingerprint density at radius 1 is 1.26 bits per heavy atom. The number of carboxylic acid groups (broad SMARTS) is 1. The van der Waals surface area contributed by atoms with Gasteiger partial charge in [-0.05, 0) is 32.1 Å². The smallest absolute Gasteiger partial charge is 0.311 e. The van der Waals surface area contributed by atoms with E-state index in [9.17, 15) is 9.90 Å². The molecule has 1 aromatic heterocycles. The zero-order valence-corrected chi connectivity index (χ0v) is 11.0. The molecule has 0 saturated heterocycles. The van der Waals surface area contributed by atoms with Crippen LogP contribution in [0.5, 0.6) is 0 Å². The predicted octanol–water partition coefficient (Wildman–Crippen LogP) is 2.02. The summed E-state index contributed by atoms with van der Waals surface area (Å²) in [4.78, 5) is 20.1. The first-order chi connectivity index (χ1) is 9.21. The highest BCUT2D eigenvalue weighted by molar-refractivity contribution is 5.76. The maximum absolute atomic E-state index is 11.5. The van der Waals surface area contributed by atoms with Gasteiger partial charge in [0.1, 0.15) is 12.1 Å². The minimum Gasteiger partial charge on any atom is -0.481 e. The molecule has 1 fully saturated rings. The van der Waals surface area contributed by atoms with Gasteiger partial charge >= 0.3 is 5.97 Å². The van der Waals surface area contributed by atoms with E-state index >= 15 is 0 Å². The number of carboxylic acids is 1. The number of carbonyl (C=O) groups is 1. The van der Waals surface area contributed by atoms with Gasteiger partial charge in [0.25, 0.3) is 0 Å². The molecule has 19 heavy (non-hydrogen) atoms. The number of fused-ring (bicyclic) bond motifs is 1. The number of nitrogens with zero attached hydrogens (tertiary/aromatic N) is 2. The Morgan fingerprint density at radius 3 is 2.79 bits per heavy atom. The lowest BCUT2D eigenvalue weighted by atomic mass is 9.86. The topological polar surface area (TPSA) is 75.1 Å². The minimum atomic E-state index is -0.678. The van der Waals surface area contributed by atoms with Crippen LogP contribution in [-0.4, -0.2) is 27.6 Å². The van der Waals surface area contributed by atoms with Gasteiger partial charge in [0.05, 0.1) is 5.41 Å². The molecule has 0 aliphatic heterocycles. The lowest BCUT2D eigenvalue weighted by molar-refractivity contribution is -0.147. The number of hydrogen-bond donors (Lipinski definition) is 2. The summed E-state index contributed by atoms with van der Waals surface area (Å²) in [5.74, 6) is 0.165. The van der Waals surface area contributed by atoms with Crippen LogP contribution in [-0.2, 0) is 17.6 Å². The summed E-state index contributed by atoms with van der Waals surface area (Å²) in [7, 11) is 0. The van der Waals surface area contributed by atoms with Gasteiger partial charge in [-0.3, -0.25) is 4.79 Å². The zero-order chi connectivity index (χ0) is 13.3. The Hall–Kier alpha value is -1.65. The van der Waals surface area contributed by atoms with Crippen molar-refractivity contribution >= 4 is 11.8 Å². The number of aryl methyl sites for hydroxylation is 1. The fraction of sp³-hybridized carbons (Fsp3) is 0.643. The SMILES string of the molecule is O=C(O)C1(CNc2ncnc3c2CCC3)CCCC1. The first-order valence-corrected chi connectivity index (χ1v) is 7.01. The molecule has 5 nitrogen and oxygen atoms in total. The Kier molecular flexibility index (Phi) is 3.12. The second kappa shape index (κ2) is 4.79. The average molecular weight is 261 g/mol. The second-order valence-corrected chi connectivity index (χ2v) is 5.65. The Balaban J connectivity index is 1.76. The van der Waals surface area contributed by atoms with E-state index in [0.717, 1.165) is 56.5 Å². The first-order valence-electron chi connectivity index (χ1n) is 7.01. The lowest BCUT2D eigenvalue weighted by Gasteiger charge is -2.24. The van der Waals surface area contributed by atoms with E-state index in [-0.39, 0.29) is 0 Å². The van der Waals surface area contributed by atoms with Gasteiger partial charge < -0.3 is 10.4 Å². The molecule has 0 unspecified atom stereocenters. The molecule has 1 saturated carbocycles. The van der Waals surface area contributed by atoms with E-state index in [2.05, 4.69) is 15.3 Å². The minimum absolute atomic E-state index is 0.478. The van der Waals surface area contributed by atoms with Gasteiger partial charge in [0, 0.05) is 17.8 Å². The third-order valence-corrected chi connectivity index (χ3v) is 4.48. The van der Waals surface area contributed by atoms with Crippen LogP contribution >= 0.6 is 0 Å². The summed E-state index contributed by atoms with van der Waals surface area (Å²) in [5.41, 5.74) is 1.70. The van der Waals surface area contributed by atoms with E-state index in [1.165, 1.54) is 5.56 Å². The van der Waals surface area contributed by atoms with E-state index in [4.69, 9.17) is 0 Å². The van der Waals surface area contributed by atoms with Crippen LogP contribution in [0, 0.1) is 5.41 Å². The zero-order valence-electron chi connectivity index (χ0n) is 11.0. The van der Waals surface area contributed by atoms with Crippen molar-refractivity contribution in [3.05, 3.63) is 17.6 Å². The number of rotatable bonds is 4.